The monoisotopic (exact) mass is 370 g/mol. The highest BCUT2D eigenvalue weighted by atomic mass is 32.2. The second-order valence-corrected chi connectivity index (χ2v) is 6.53. The molecule has 134 valence electrons. The SMILES string of the molecule is COC(=O)CSc1nc2ccccc2c(=O)n1-c1cc(C)ccc1OC. The van der Waals surface area contributed by atoms with Crippen molar-refractivity contribution < 1.29 is 14.3 Å². The van der Waals surface area contributed by atoms with E-state index < -0.39 is 0 Å². The summed E-state index contributed by atoms with van der Waals surface area (Å²) in [5.41, 5.74) is 1.92. The van der Waals surface area contributed by atoms with Gasteiger partial charge in [0, 0.05) is 0 Å². The van der Waals surface area contributed by atoms with Gasteiger partial charge in [0.25, 0.3) is 5.56 Å². The number of esters is 1. The third kappa shape index (κ3) is 3.43. The highest BCUT2D eigenvalue weighted by Gasteiger charge is 2.17. The number of thioether (sulfide) groups is 1. The summed E-state index contributed by atoms with van der Waals surface area (Å²) >= 11 is 1.15. The van der Waals surface area contributed by atoms with Crippen LogP contribution in [0, 0.1) is 6.92 Å². The van der Waals surface area contributed by atoms with E-state index in [1.807, 2.05) is 25.1 Å². The van der Waals surface area contributed by atoms with Crippen LogP contribution in [0.4, 0.5) is 0 Å². The summed E-state index contributed by atoms with van der Waals surface area (Å²) in [5.74, 6) is 0.213. The second-order valence-electron chi connectivity index (χ2n) is 5.59. The van der Waals surface area contributed by atoms with Gasteiger partial charge in [0.2, 0.25) is 0 Å². The molecule has 26 heavy (non-hydrogen) atoms. The van der Waals surface area contributed by atoms with Gasteiger partial charge in [-0.15, -0.1) is 0 Å². The maximum atomic E-state index is 13.2. The number of para-hydroxylation sites is 1. The van der Waals surface area contributed by atoms with E-state index in [0.29, 0.717) is 27.5 Å². The maximum Gasteiger partial charge on any atom is 0.316 e. The molecule has 1 heterocycles. The summed E-state index contributed by atoms with van der Waals surface area (Å²) in [7, 11) is 2.88. The van der Waals surface area contributed by atoms with Crippen molar-refractivity contribution in [2.24, 2.45) is 0 Å². The van der Waals surface area contributed by atoms with Crippen molar-refractivity contribution in [1.29, 1.82) is 0 Å². The molecular weight excluding hydrogens is 352 g/mol. The molecule has 0 saturated heterocycles. The Kier molecular flexibility index (Phi) is 5.27. The van der Waals surface area contributed by atoms with Gasteiger partial charge < -0.3 is 9.47 Å². The second kappa shape index (κ2) is 7.61. The summed E-state index contributed by atoms with van der Waals surface area (Å²) in [6.07, 6.45) is 0. The molecule has 1 aromatic heterocycles. The molecule has 0 aliphatic heterocycles. The van der Waals surface area contributed by atoms with Crippen molar-refractivity contribution >= 4 is 28.6 Å². The number of aryl methyl sites for hydroxylation is 1. The molecule has 0 saturated carbocycles. The van der Waals surface area contributed by atoms with Crippen LogP contribution in [0.1, 0.15) is 5.56 Å². The van der Waals surface area contributed by atoms with E-state index in [4.69, 9.17) is 9.47 Å². The lowest BCUT2D eigenvalue weighted by molar-refractivity contribution is -0.137. The number of fused-ring (bicyclic) bond motifs is 1. The van der Waals surface area contributed by atoms with Crippen LogP contribution in [0.5, 0.6) is 5.75 Å². The van der Waals surface area contributed by atoms with Gasteiger partial charge in [-0.05, 0) is 36.8 Å². The van der Waals surface area contributed by atoms with E-state index >= 15 is 0 Å². The molecule has 6 nitrogen and oxygen atoms in total. The number of methoxy groups -OCH3 is 2. The third-order valence-electron chi connectivity index (χ3n) is 3.87. The number of aromatic nitrogens is 2. The Labute approximate surface area is 154 Å². The van der Waals surface area contributed by atoms with E-state index in [2.05, 4.69) is 4.98 Å². The minimum atomic E-state index is -0.389. The fourth-order valence-electron chi connectivity index (χ4n) is 2.58. The molecule has 0 amide bonds. The Hall–Kier alpha value is -2.80. The molecule has 0 radical (unpaired) electrons. The molecule has 0 aliphatic carbocycles. The topological polar surface area (TPSA) is 70.4 Å². The van der Waals surface area contributed by atoms with Crippen LogP contribution >= 0.6 is 11.8 Å². The number of hydrogen-bond donors (Lipinski definition) is 0. The highest BCUT2D eigenvalue weighted by Crippen LogP contribution is 2.28. The summed E-state index contributed by atoms with van der Waals surface area (Å²) in [6, 6.07) is 12.7. The first-order chi connectivity index (χ1) is 12.5. The minimum Gasteiger partial charge on any atom is -0.495 e. The van der Waals surface area contributed by atoms with Gasteiger partial charge >= 0.3 is 5.97 Å². The van der Waals surface area contributed by atoms with Gasteiger partial charge in [-0.1, -0.05) is 30.0 Å². The number of carbonyl (C=O) groups is 1. The van der Waals surface area contributed by atoms with Crippen molar-refractivity contribution in [3.8, 4) is 11.4 Å². The zero-order valence-electron chi connectivity index (χ0n) is 14.7. The molecule has 0 aliphatic rings. The van der Waals surface area contributed by atoms with Crippen LogP contribution in [-0.4, -0.2) is 35.5 Å². The summed E-state index contributed by atoms with van der Waals surface area (Å²) < 4.78 is 11.6. The molecule has 7 heteroatoms. The zero-order valence-corrected chi connectivity index (χ0v) is 15.5. The fraction of sp³-hybridized carbons (Fsp3) is 0.211. The smallest absolute Gasteiger partial charge is 0.316 e. The highest BCUT2D eigenvalue weighted by molar-refractivity contribution is 7.99. The lowest BCUT2D eigenvalue weighted by Gasteiger charge is -2.16. The quantitative estimate of drug-likeness (QED) is 0.391. The van der Waals surface area contributed by atoms with E-state index in [1.54, 1.807) is 31.4 Å². The maximum absolute atomic E-state index is 13.2. The average molecular weight is 370 g/mol. The summed E-state index contributed by atoms with van der Waals surface area (Å²) in [4.78, 5) is 29.3. The van der Waals surface area contributed by atoms with Crippen LogP contribution < -0.4 is 10.3 Å². The molecule has 3 rings (SSSR count). The first-order valence-electron chi connectivity index (χ1n) is 7.91. The van der Waals surface area contributed by atoms with Gasteiger partial charge in [-0.25, -0.2) is 4.98 Å². The summed E-state index contributed by atoms with van der Waals surface area (Å²) in [6.45, 7) is 1.93. The molecule has 2 aromatic carbocycles. The van der Waals surface area contributed by atoms with E-state index in [9.17, 15) is 9.59 Å². The van der Waals surface area contributed by atoms with Gasteiger partial charge in [0.1, 0.15) is 5.75 Å². The molecule has 0 unspecified atom stereocenters. The number of nitrogens with zero attached hydrogens (tertiary/aromatic N) is 2. The largest absolute Gasteiger partial charge is 0.495 e. The minimum absolute atomic E-state index is 0.0510. The molecule has 3 aromatic rings. The van der Waals surface area contributed by atoms with Gasteiger partial charge in [0.15, 0.2) is 5.16 Å². The van der Waals surface area contributed by atoms with Crippen LogP contribution in [-0.2, 0) is 9.53 Å². The molecule has 0 spiro atoms. The van der Waals surface area contributed by atoms with Gasteiger partial charge in [-0.3, -0.25) is 14.2 Å². The van der Waals surface area contributed by atoms with Crippen molar-refractivity contribution in [3.63, 3.8) is 0 Å². The van der Waals surface area contributed by atoms with E-state index in [1.165, 1.54) is 11.7 Å². The van der Waals surface area contributed by atoms with Gasteiger partial charge in [-0.2, -0.15) is 0 Å². The lowest BCUT2D eigenvalue weighted by atomic mass is 10.2. The number of benzene rings is 2. The fourth-order valence-corrected chi connectivity index (χ4v) is 3.42. The molecular formula is C19H18N2O4S. The van der Waals surface area contributed by atoms with Crippen molar-refractivity contribution in [2.45, 2.75) is 12.1 Å². The standard InChI is InChI=1S/C19H18N2O4S/c1-12-8-9-16(24-2)15(10-12)21-18(23)13-6-4-5-7-14(13)20-19(21)26-11-17(22)25-3/h4-10H,11H2,1-3H3. The van der Waals surface area contributed by atoms with Crippen LogP contribution in [0.3, 0.4) is 0 Å². The first-order valence-corrected chi connectivity index (χ1v) is 8.90. The Balaban J connectivity index is 2.28. The molecule has 0 N–H and O–H groups in total. The Morgan fingerprint density at radius 1 is 1.19 bits per heavy atom. The lowest BCUT2D eigenvalue weighted by Crippen LogP contribution is -2.23. The Morgan fingerprint density at radius 3 is 2.69 bits per heavy atom. The van der Waals surface area contributed by atoms with Crippen molar-refractivity contribution in [2.75, 3.05) is 20.0 Å². The van der Waals surface area contributed by atoms with Gasteiger partial charge in [0.05, 0.1) is 36.6 Å². The van der Waals surface area contributed by atoms with Crippen molar-refractivity contribution in [1.82, 2.24) is 9.55 Å². The van der Waals surface area contributed by atoms with Crippen molar-refractivity contribution in [3.05, 3.63) is 58.4 Å². The average Bonchev–Trinajstić information content (AvgIpc) is 2.66. The molecule has 0 fully saturated rings. The van der Waals surface area contributed by atoms with Crippen LogP contribution in [0.15, 0.2) is 52.4 Å². The molecule has 0 atom stereocenters. The zero-order chi connectivity index (χ0) is 18.7. The molecule has 0 bridgehead atoms. The Morgan fingerprint density at radius 2 is 1.96 bits per heavy atom. The van der Waals surface area contributed by atoms with E-state index in [0.717, 1.165) is 17.3 Å². The number of ether oxygens (including phenoxy) is 2. The summed E-state index contributed by atoms with van der Waals surface area (Å²) in [5, 5.41) is 0.904. The Bertz CT molecular complexity index is 1030. The number of rotatable bonds is 5. The predicted molar refractivity (Wildman–Crippen MR) is 101 cm³/mol. The van der Waals surface area contributed by atoms with Crippen LogP contribution in [0.2, 0.25) is 0 Å². The predicted octanol–water partition coefficient (Wildman–Crippen LogP) is 2.97. The third-order valence-corrected chi connectivity index (χ3v) is 4.78. The van der Waals surface area contributed by atoms with Crippen LogP contribution in [0.25, 0.3) is 16.6 Å². The normalized spacial score (nSPS) is 10.7. The van der Waals surface area contributed by atoms with E-state index in [-0.39, 0.29) is 17.3 Å². The number of carbonyl (C=O) groups excluding carboxylic acids is 1. The number of hydrogen-bond acceptors (Lipinski definition) is 6. The first kappa shape index (κ1) is 18.0.